The molecular formula is C12H23NO3. The Labute approximate surface area is 97.4 Å². The second kappa shape index (κ2) is 5.53. The molecule has 0 saturated heterocycles. The lowest BCUT2D eigenvalue weighted by atomic mass is 9.91. The van der Waals surface area contributed by atoms with Gasteiger partial charge in [0.1, 0.15) is 0 Å². The van der Waals surface area contributed by atoms with Crippen LogP contribution in [0, 0.1) is 5.41 Å². The first-order chi connectivity index (χ1) is 7.44. The maximum absolute atomic E-state index is 11.4. The van der Waals surface area contributed by atoms with Crippen LogP contribution in [0.25, 0.3) is 0 Å². The van der Waals surface area contributed by atoms with Crippen molar-refractivity contribution in [2.24, 2.45) is 5.41 Å². The van der Waals surface area contributed by atoms with E-state index in [2.05, 4.69) is 19.2 Å². The van der Waals surface area contributed by atoms with E-state index in [4.69, 9.17) is 4.74 Å². The second-order valence-corrected chi connectivity index (χ2v) is 5.38. The van der Waals surface area contributed by atoms with Crippen molar-refractivity contribution in [3.63, 3.8) is 0 Å². The van der Waals surface area contributed by atoms with Crippen LogP contribution >= 0.6 is 0 Å². The Kier molecular flexibility index (Phi) is 4.59. The van der Waals surface area contributed by atoms with Gasteiger partial charge in [-0.2, -0.15) is 0 Å². The molecule has 4 heteroatoms. The van der Waals surface area contributed by atoms with Crippen LogP contribution in [0.15, 0.2) is 0 Å². The van der Waals surface area contributed by atoms with Gasteiger partial charge in [-0.25, -0.2) is 4.79 Å². The largest absolute Gasteiger partial charge is 0.450 e. The van der Waals surface area contributed by atoms with Gasteiger partial charge in [-0.1, -0.05) is 27.2 Å². The molecule has 1 fully saturated rings. The van der Waals surface area contributed by atoms with Gasteiger partial charge in [0.2, 0.25) is 0 Å². The Bertz CT molecular complexity index is 240. The normalized spacial score (nSPS) is 27.8. The van der Waals surface area contributed by atoms with Gasteiger partial charge in [0, 0.05) is 0 Å². The third kappa shape index (κ3) is 4.00. The van der Waals surface area contributed by atoms with Crippen molar-refractivity contribution in [1.82, 2.24) is 5.32 Å². The molecule has 0 heterocycles. The number of carbonyl (C=O) groups is 1. The van der Waals surface area contributed by atoms with Crippen LogP contribution < -0.4 is 5.32 Å². The number of carbonyl (C=O) groups excluding carboxylic acids is 1. The summed E-state index contributed by atoms with van der Waals surface area (Å²) in [6, 6.07) is -0.163. The molecule has 2 atom stereocenters. The highest BCUT2D eigenvalue weighted by Gasteiger charge is 2.39. The van der Waals surface area contributed by atoms with Crippen LogP contribution in [0.4, 0.5) is 4.79 Å². The molecule has 0 aliphatic heterocycles. The highest BCUT2D eigenvalue weighted by Crippen LogP contribution is 2.37. The van der Waals surface area contributed by atoms with E-state index >= 15 is 0 Å². The topological polar surface area (TPSA) is 58.6 Å². The smallest absolute Gasteiger partial charge is 0.407 e. The Morgan fingerprint density at radius 3 is 2.69 bits per heavy atom. The summed E-state index contributed by atoms with van der Waals surface area (Å²) in [6.07, 6.45) is 2.56. The van der Waals surface area contributed by atoms with Crippen molar-refractivity contribution in [3.8, 4) is 0 Å². The zero-order chi connectivity index (χ0) is 12.2. The van der Waals surface area contributed by atoms with E-state index in [9.17, 15) is 9.90 Å². The summed E-state index contributed by atoms with van der Waals surface area (Å²) in [7, 11) is 0. The van der Waals surface area contributed by atoms with E-state index in [1.165, 1.54) is 0 Å². The van der Waals surface area contributed by atoms with Crippen LogP contribution in [0.5, 0.6) is 0 Å². The Balaban J connectivity index is 2.29. The zero-order valence-corrected chi connectivity index (χ0v) is 10.5. The molecule has 1 rings (SSSR count). The Morgan fingerprint density at radius 1 is 1.50 bits per heavy atom. The van der Waals surface area contributed by atoms with Crippen molar-refractivity contribution in [2.45, 2.75) is 58.6 Å². The molecule has 0 bridgehead atoms. The van der Waals surface area contributed by atoms with Gasteiger partial charge in [0.25, 0.3) is 0 Å². The highest BCUT2D eigenvalue weighted by molar-refractivity contribution is 5.67. The molecule has 0 radical (unpaired) electrons. The minimum atomic E-state index is -0.450. The van der Waals surface area contributed by atoms with Gasteiger partial charge in [0.15, 0.2) is 0 Å². The molecule has 1 aliphatic rings. The van der Waals surface area contributed by atoms with Crippen molar-refractivity contribution in [2.75, 3.05) is 6.61 Å². The summed E-state index contributed by atoms with van der Waals surface area (Å²) in [5, 5.41) is 12.5. The average Bonchev–Trinajstić information content (AvgIpc) is 2.40. The summed E-state index contributed by atoms with van der Waals surface area (Å²) < 4.78 is 5.00. The quantitative estimate of drug-likeness (QED) is 0.725. The fourth-order valence-corrected chi connectivity index (χ4v) is 2.17. The molecule has 4 nitrogen and oxygen atoms in total. The number of hydrogen-bond acceptors (Lipinski definition) is 3. The van der Waals surface area contributed by atoms with Gasteiger partial charge in [-0.3, -0.25) is 0 Å². The lowest BCUT2D eigenvalue weighted by molar-refractivity contribution is 0.115. The Morgan fingerprint density at radius 2 is 2.19 bits per heavy atom. The fourth-order valence-electron chi connectivity index (χ4n) is 2.17. The minimum absolute atomic E-state index is 0.0980. The number of aliphatic hydroxyl groups is 1. The van der Waals surface area contributed by atoms with Crippen LogP contribution in [-0.4, -0.2) is 30.0 Å². The number of amides is 1. The summed E-state index contributed by atoms with van der Waals surface area (Å²) in [5.74, 6) is 0. The van der Waals surface area contributed by atoms with Gasteiger partial charge in [0.05, 0.1) is 18.8 Å². The average molecular weight is 229 g/mol. The summed E-state index contributed by atoms with van der Waals surface area (Å²) in [4.78, 5) is 11.4. The molecule has 0 spiro atoms. The van der Waals surface area contributed by atoms with E-state index in [0.29, 0.717) is 6.61 Å². The highest BCUT2D eigenvalue weighted by atomic mass is 16.5. The first-order valence-corrected chi connectivity index (χ1v) is 6.06. The van der Waals surface area contributed by atoms with E-state index < -0.39 is 12.2 Å². The molecule has 1 aliphatic carbocycles. The van der Waals surface area contributed by atoms with Crippen molar-refractivity contribution < 1.29 is 14.6 Å². The van der Waals surface area contributed by atoms with Crippen LogP contribution in [0.2, 0.25) is 0 Å². The predicted octanol–water partition coefficient (Wildman–Crippen LogP) is 2.06. The molecule has 0 aromatic carbocycles. The fraction of sp³-hybridized carbons (Fsp3) is 0.917. The van der Waals surface area contributed by atoms with Crippen molar-refractivity contribution in [3.05, 3.63) is 0 Å². The van der Waals surface area contributed by atoms with E-state index in [-0.39, 0.29) is 11.5 Å². The standard InChI is InChI=1S/C12H23NO3/c1-4-5-6-16-11(15)13-9-7-12(2,3)8-10(9)14/h9-10,14H,4-8H2,1-3H3,(H,13,15)/t9-,10-/m0/s1. The van der Waals surface area contributed by atoms with E-state index in [1.54, 1.807) is 0 Å². The monoisotopic (exact) mass is 229 g/mol. The van der Waals surface area contributed by atoms with Gasteiger partial charge >= 0.3 is 6.09 Å². The van der Waals surface area contributed by atoms with Crippen molar-refractivity contribution in [1.29, 1.82) is 0 Å². The number of hydrogen-bond donors (Lipinski definition) is 2. The lowest BCUT2D eigenvalue weighted by Crippen LogP contribution is -2.40. The Hall–Kier alpha value is -0.770. The maximum atomic E-state index is 11.4. The predicted molar refractivity (Wildman–Crippen MR) is 62.2 cm³/mol. The number of rotatable bonds is 4. The molecule has 0 aromatic rings. The minimum Gasteiger partial charge on any atom is -0.450 e. The van der Waals surface area contributed by atoms with Gasteiger partial charge in [-0.15, -0.1) is 0 Å². The lowest BCUT2D eigenvalue weighted by Gasteiger charge is -2.17. The maximum Gasteiger partial charge on any atom is 0.407 e. The number of unbranched alkanes of at least 4 members (excludes halogenated alkanes) is 1. The number of ether oxygens (including phenoxy) is 1. The molecule has 94 valence electrons. The molecular weight excluding hydrogens is 206 g/mol. The SMILES string of the molecule is CCCCOC(=O)N[C@H]1CC(C)(C)C[C@@H]1O. The van der Waals surface area contributed by atoms with E-state index in [1.807, 2.05) is 6.92 Å². The van der Waals surface area contributed by atoms with Gasteiger partial charge in [-0.05, 0) is 24.7 Å². The third-order valence-corrected chi connectivity index (χ3v) is 3.03. The first-order valence-electron chi connectivity index (χ1n) is 6.06. The van der Waals surface area contributed by atoms with Gasteiger partial charge < -0.3 is 15.2 Å². The van der Waals surface area contributed by atoms with Crippen LogP contribution in [0.1, 0.15) is 46.5 Å². The molecule has 0 unspecified atom stereocenters. The summed E-state index contributed by atoms with van der Waals surface area (Å²) in [5.41, 5.74) is 0.0980. The van der Waals surface area contributed by atoms with Crippen molar-refractivity contribution >= 4 is 6.09 Å². The summed E-state index contributed by atoms with van der Waals surface area (Å²) >= 11 is 0. The molecule has 2 N–H and O–H groups in total. The molecule has 1 saturated carbocycles. The number of alkyl carbamates (subject to hydrolysis) is 1. The molecule has 16 heavy (non-hydrogen) atoms. The molecule has 1 amide bonds. The molecule has 0 aromatic heterocycles. The van der Waals surface area contributed by atoms with E-state index in [0.717, 1.165) is 25.7 Å². The van der Waals surface area contributed by atoms with Crippen LogP contribution in [-0.2, 0) is 4.74 Å². The van der Waals surface area contributed by atoms with Crippen LogP contribution in [0.3, 0.4) is 0 Å². The number of nitrogens with one attached hydrogen (secondary N) is 1. The third-order valence-electron chi connectivity index (χ3n) is 3.03. The summed E-state index contributed by atoms with van der Waals surface area (Å²) in [6.45, 7) is 6.69. The second-order valence-electron chi connectivity index (χ2n) is 5.38. The number of aliphatic hydroxyl groups excluding tert-OH is 1. The zero-order valence-electron chi connectivity index (χ0n) is 10.5. The first kappa shape index (κ1) is 13.3.